The van der Waals surface area contributed by atoms with Crippen LogP contribution in [0, 0.1) is 22.1 Å². The van der Waals surface area contributed by atoms with Crippen LogP contribution in [0.4, 0.5) is 0 Å². The van der Waals surface area contributed by atoms with Crippen LogP contribution in [0.5, 0.6) is 0 Å². The van der Waals surface area contributed by atoms with E-state index in [2.05, 4.69) is 39.1 Å². The van der Waals surface area contributed by atoms with E-state index in [0.717, 1.165) is 27.8 Å². The highest BCUT2D eigenvalue weighted by Crippen LogP contribution is 2.31. The smallest absolute Gasteiger partial charge is 0.120 e. The molecular formula is C23H29N5S. The SMILES string of the molecule is CN(C(=N)/C=C\C(=N)c1cc2cc(C#N)ccc2s1)C1CC(C)(C)NC(C)(C)C1. The second-order valence-corrected chi connectivity index (χ2v) is 10.3. The zero-order valence-corrected chi connectivity index (χ0v) is 18.6. The van der Waals surface area contributed by atoms with Crippen molar-refractivity contribution in [2.75, 3.05) is 7.05 Å². The van der Waals surface area contributed by atoms with Gasteiger partial charge in [0.05, 0.1) is 22.2 Å². The Labute approximate surface area is 177 Å². The molecule has 0 amide bonds. The Morgan fingerprint density at radius 1 is 1.17 bits per heavy atom. The van der Waals surface area contributed by atoms with Crippen molar-refractivity contribution in [3.8, 4) is 6.07 Å². The molecule has 3 rings (SSSR count). The molecule has 5 nitrogen and oxygen atoms in total. The molecule has 1 aliphatic rings. The van der Waals surface area contributed by atoms with Gasteiger partial charge in [-0.25, -0.2) is 0 Å². The van der Waals surface area contributed by atoms with Crippen LogP contribution in [0.2, 0.25) is 0 Å². The summed E-state index contributed by atoms with van der Waals surface area (Å²) in [5.41, 5.74) is 1.06. The number of hydrogen-bond donors (Lipinski definition) is 3. The molecule has 6 heteroatoms. The largest absolute Gasteiger partial charge is 0.357 e. The molecule has 2 aromatic rings. The number of rotatable bonds is 4. The number of nitriles is 1. The minimum absolute atomic E-state index is 0.0245. The van der Waals surface area contributed by atoms with Crippen molar-refractivity contribution in [1.29, 1.82) is 16.1 Å². The maximum absolute atomic E-state index is 9.05. The van der Waals surface area contributed by atoms with Gasteiger partial charge in [0.25, 0.3) is 0 Å². The monoisotopic (exact) mass is 407 g/mol. The van der Waals surface area contributed by atoms with Crippen molar-refractivity contribution in [3.63, 3.8) is 0 Å². The number of allylic oxidation sites excluding steroid dienone is 1. The van der Waals surface area contributed by atoms with E-state index in [-0.39, 0.29) is 17.1 Å². The number of nitrogens with zero attached hydrogens (tertiary/aromatic N) is 2. The first-order chi connectivity index (χ1) is 13.5. The van der Waals surface area contributed by atoms with Crippen molar-refractivity contribution in [2.24, 2.45) is 0 Å². The molecule has 0 spiro atoms. The fourth-order valence-electron chi connectivity index (χ4n) is 4.35. The number of thiophene rings is 1. The number of likely N-dealkylation sites (N-methyl/N-ethyl adjacent to an activating group) is 1. The van der Waals surface area contributed by atoms with Gasteiger partial charge in [0.1, 0.15) is 5.84 Å². The van der Waals surface area contributed by atoms with E-state index in [4.69, 9.17) is 16.1 Å². The number of piperidine rings is 1. The second-order valence-electron chi connectivity index (χ2n) is 9.17. The van der Waals surface area contributed by atoms with E-state index in [1.165, 1.54) is 11.3 Å². The van der Waals surface area contributed by atoms with Gasteiger partial charge in [-0.2, -0.15) is 5.26 Å². The highest BCUT2D eigenvalue weighted by atomic mass is 32.1. The van der Waals surface area contributed by atoms with Gasteiger partial charge < -0.3 is 10.2 Å². The van der Waals surface area contributed by atoms with Gasteiger partial charge in [0, 0.05) is 28.9 Å². The van der Waals surface area contributed by atoms with Crippen LogP contribution in [0.25, 0.3) is 10.1 Å². The summed E-state index contributed by atoms with van der Waals surface area (Å²) in [6, 6.07) is 9.95. The van der Waals surface area contributed by atoms with Gasteiger partial charge >= 0.3 is 0 Å². The van der Waals surface area contributed by atoms with E-state index in [1.54, 1.807) is 18.2 Å². The molecule has 0 bridgehead atoms. The molecule has 1 fully saturated rings. The van der Waals surface area contributed by atoms with Crippen molar-refractivity contribution in [3.05, 3.63) is 46.9 Å². The highest BCUT2D eigenvalue weighted by molar-refractivity contribution is 7.21. The fraction of sp³-hybridized carbons (Fsp3) is 0.435. The first kappa shape index (κ1) is 21.2. The summed E-state index contributed by atoms with van der Waals surface area (Å²) in [5, 5.41) is 30.6. The van der Waals surface area contributed by atoms with E-state index in [9.17, 15) is 0 Å². The number of fused-ring (bicyclic) bond motifs is 1. The van der Waals surface area contributed by atoms with E-state index in [1.807, 2.05) is 30.1 Å². The average molecular weight is 408 g/mol. The lowest BCUT2D eigenvalue weighted by Gasteiger charge is -2.49. The first-order valence-corrected chi connectivity index (χ1v) is 10.6. The van der Waals surface area contributed by atoms with Crippen LogP contribution >= 0.6 is 11.3 Å². The zero-order valence-electron chi connectivity index (χ0n) is 17.8. The molecule has 0 aliphatic carbocycles. The van der Waals surface area contributed by atoms with Gasteiger partial charge in [-0.05, 0) is 82.3 Å². The Bertz CT molecular complexity index is 1010. The van der Waals surface area contributed by atoms with Gasteiger partial charge in [-0.1, -0.05) is 0 Å². The number of hydrogen-bond acceptors (Lipinski definition) is 5. The third-order valence-corrected chi connectivity index (χ3v) is 6.56. The molecule has 152 valence electrons. The van der Waals surface area contributed by atoms with Crippen LogP contribution in [0.15, 0.2) is 36.4 Å². The summed E-state index contributed by atoms with van der Waals surface area (Å²) in [4.78, 5) is 2.86. The Morgan fingerprint density at radius 3 is 2.45 bits per heavy atom. The first-order valence-electron chi connectivity index (χ1n) is 9.81. The normalized spacial score (nSPS) is 18.6. The van der Waals surface area contributed by atoms with E-state index < -0.39 is 0 Å². The maximum Gasteiger partial charge on any atom is 0.120 e. The summed E-state index contributed by atoms with van der Waals surface area (Å²) in [5.74, 6) is 0.418. The molecule has 1 aliphatic heterocycles. The topological polar surface area (TPSA) is 86.8 Å². The van der Waals surface area contributed by atoms with Crippen molar-refractivity contribution < 1.29 is 0 Å². The molecule has 0 unspecified atom stereocenters. The van der Waals surface area contributed by atoms with Gasteiger partial charge in [0.15, 0.2) is 0 Å². The predicted molar refractivity (Wildman–Crippen MR) is 122 cm³/mol. The van der Waals surface area contributed by atoms with E-state index in [0.29, 0.717) is 17.1 Å². The van der Waals surface area contributed by atoms with Crippen molar-refractivity contribution in [1.82, 2.24) is 10.2 Å². The molecule has 1 saturated heterocycles. The minimum atomic E-state index is 0.0245. The van der Waals surface area contributed by atoms with Crippen molar-refractivity contribution >= 4 is 33.0 Å². The third-order valence-electron chi connectivity index (χ3n) is 5.42. The molecule has 1 aromatic heterocycles. The number of amidine groups is 1. The van der Waals surface area contributed by atoms with Crippen LogP contribution in [-0.2, 0) is 0 Å². The number of nitrogens with one attached hydrogen (secondary N) is 3. The number of benzene rings is 1. The summed E-state index contributed by atoms with van der Waals surface area (Å²) in [6.45, 7) is 8.85. The molecular weight excluding hydrogens is 378 g/mol. The van der Waals surface area contributed by atoms with Crippen LogP contribution in [0.1, 0.15) is 51.0 Å². The van der Waals surface area contributed by atoms with Gasteiger partial charge in [-0.15, -0.1) is 11.3 Å². The summed E-state index contributed by atoms with van der Waals surface area (Å²) < 4.78 is 1.06. The average Bonchev–Trinajstić information content (AvgIpc) is 3.05. The Kier molecular flexibility index (Phi) is 5.66. The standard InChI is InChI=1S/C23H29N5S/c1-22(2)12-17(13-23(3,4)27-22)28(5)21(26)9-7-18(25)20-11-16-10-15(14-24)6-8-19(16)29-20/h6-11,17,25-27H,12-13H2,1-5H3/b9-7-,25-18?,26-21?. The Morgan fingerprint density at radius 2 is 1.83 bits per heavy atom. The highest BCUT2D eigenvalue weighted by Gasteiger charge is 2.39. The van der Waals surface area contributed by atoms with Crippen LogP contribution in [-0.4, -0.2) is 40.6 Å². The van der Waals surface area contributed by atoms with Gasteiger partial charge in [-0.3, -0.25) is 10.8 Å². The molecule has 2 heterocycles. The lowest BCUT2D eigenvalue weighted by atomic mass is 9.79. The quantitative estimate of drug-likeness (QED) is 0.497. The van der Waals surface area contributed by atoms with E-state index >= 15 is 0 Å². The Hall–Kier alpha value is -2.49. The summed E-state index contributed by atoms with van der Waals surface area (Å²) in [6.07, 6.45) is 5.36. The lowest BCUT2D eigenvalue weighted by Crippen LogP contribution is -2.62. The Balaban J connectivity index is 1.71. The molecule has 29 heavy (non-hydrogen) atoms. The molecule has 3 N–H and O–H groups in total. The zero-order chi connectivity index (χ0) is 21.4. The predicted octanol–water partition coefficient (Wildman–Crippen LogP) is 4.92. The molecule has 0 atom stereocenters. The molecule has 0 saturated carbocycles. The van der Waals surface area contributed by atoms with Crippen LogP contribution in [0.3, 0.4) is 0 Å². The van der Waals surface area contributed by atoms with Crippen LogP contribution < -0.4 is 5.32 Å². The van der Waals surface area contributed by atoms with Crippen molar-refractivity contribution in [2.45, 2.75) is 57.7 Å². The van der Waals surface area contributed by atoms with Gasteiger partial charge in [0.2, 0.25) is 0 Å². The minimum Gasteiger partial charge on any atom is -0.357 e. The third kappa shape index (κ3) is 4.92. The summed E-state index contributed by atoms with van der Waals surface area (Å²) >= 11 is 1.53. The molecule has 0 radical (unpaired) electrons. The molecule has 1 aromatic carbocycles. The lowest BCUT2D eigenvalue weighted by molar-refractivity contribution is 0.114. The fourth-order valence-corrected chi connectivity index (χ4v) is 5.32. The second kappa shape index (κ2) is 7.74. The maximum atomic E-state index is 9.05. The summed E-state index contributed by atoms with van der Waals surface area (Å²) in [7, 11) is 1.97.